The number of carbonyl (C=O) groups excluding carboxylic acids is 1. The zero-order valence-electron chi connectivity index (χ0n) is 15.3. The number of anilines is 1. The van der Waals surface area contributed by atoms with Gasteiger partial charge in [0.05, 0.1) is 22.8 Å². The van der Waals surface area contributed by atoms with Crippen LogP contribution in [0.5, 0.6) is 0 Å². The number of aromatic nitrogens is 4. The molecule has 1 aliphatic carbocycles. The summed E-state index contributed by atoms with van der Waals surface area (Å²) in [6.07, 6.45) is 2.41. The molecular weight excluding hydrogens is 349 g/mol. The highest BCUT2D eigenvalue weighted by atomic mass is 19.1. The molecule has 3 aromatic rings. The van der Waals surface area contributed by atoms with Crippen LogP contribution >= 0.6 is 0 Å². The topological polar surface area (TPSA) is 84.8 Å². The quantitative estimate of drug-likeness (QED) is 0.667. The van der Waals surface area contributed by atoms with E-state index in [1.165, 1.54) is 25.0 Å². The first kappa shape index (κ1) is 17.7. The molecule has 1 aliphatic rings. The Labute approximate surface area is 155 Å². The van der Waals surface area contributed by atoms with Crippen LogP contribution in [0.4, 0.5) is 10.2 Å². The Morgan fingerprint density at radius 2 is 2.26 bits per heavy atom. The van der Waals surface area contributed by atoms with E-state index in [4.69, 9.17) is 4.74 Å². The van der Waals surface area contributed by atoms with Gasteiger partial charge in [-0.05, 0) is 50.8 Å². The third-order valence-corrected chi connectivity index (χ3v) is 4.78. The van der Waals surface area contributed by atoms with Gasteiger partial charge in [-0.1, -0.05) is 0 Å². The molecule has 0 spiro atoms. The first-order valence-electron chi connectivity index (χ1n) is 9.07. The number of aromatic amines is 1. The summed E-state index contributed by atoms with van der Waals surface area (Å²) in [6.45, 7) is 4.07. The lowest BCUT2D eigenvalue weighted by molar-refractivity contribution is -0.121. The first-order valence-corrected chi connectivity index (χ1v) is 9.07. The van der Waals surface area contributed by atoms with Crippen molar-refractivity contribution in [3.8, 4) is 0 Å². The average Bonchev–Trinajstić information content (AvgIpc) is 3.30. The van der Waals surface area contributed by atoms with Gasteiger partial charge in [-0.2, -0.15) is 5.10 Å². The number of imidazole rings is 1. The van der Waals surface area contributed by atoms with Crippen molar-refractivity contribution in [3.63, 3.8) is 0 Å². The zero-order valence-corrected chi connectivity index (χ0v) is 15.3. The number of rotatable bonds is 7. The predicted molar refractivity (Wildman–Crippen MR) is 98.7 cm³/mol. The molecule has 2 heterocycles. The lowest BCUT2D eigenvalue weighted by atomic mass is 10.2. The Balaban J connectivity index is 1.33. The summed E-state index contributed by atoms with van der Waals surface area (Å²) in [5.41, 5.74) is 2.13. The van der Waals surface area contributed by atoms with E-state index in [0.717, 1.165) is 5.69 Å². The number of nitrogens with one attached hydrogen (secondary N) is 2. The molecule has 1 atom stereocenters. The Hall–Kier alpha value is -2.74. The molecule has 8 heteroatoms. The maximum Gasteiger partial charge on any atom is 0.251 e. The summed E-state index contributed by atoms with van der Waals surface area (Å²) in [5.74, 6) is 1.30. The number of benzene rings is 1. The molecule has 142 valence electrons. The van der Waals surface area contributed by atoms with E-state index in [2.05, 4.69) is 27.3 Å². The molecule has 0 saturated heterocycles. The summed E-state index contributed by atoms with van der Waals surface area (Å²) in [6, 6.07) is 6.47. The second kappa shape index (κ2) is 7.11. The van der Waals surface area contributed by atoms with E-state index in [0.29, 0.717) is 28.6 Å². The van der Waals surface area contributed by atoms with Crippen molar-refractivity contribution in [2.75, 3.05) is 11.9 Å². The number of hydrogen-bond donors (Lipinski definition) is 2. The normalized spacial score (nSPS) is 15.2. The van der Waals surface area contributed by atoms with Crippen LogP contribution in [0.25, 0.3) is 11.0 Å². The second-order valence-electron chi connectivity index (χ2n) is 7.08. The number of H-pyrrole nitrogens is 1. The number of ether oxygens (including phenoxy) is 1. The molecule has 1 fully saturated rings. The third-order valence-electron chi connectivity index (χ3n) is 4.78. The highest BCUT2D eigenvalue weighted by Crippen LogP contribution is 2.40. The van der Waals surface area contributed by atoms with E-state index >= 15 is 0 Å². The van der Waals surface area contributed by atoms with Gasteiger partial charge in [0.25, 0.3) is 5.91 Å². The minimum atomic E-state index is -0.328. The average molecular weight is 371 g/mol. The zero-order chi connectivity index (χ0) is 19.0. The SMILES string of the molecule is Cc1cc(NC(=O)COCc2nc3ccc(F)cc3[nH]2)n(C(C)C2CC2)n1. The van der Waals surface area contributed by atoms with Crippen LogP contribution in [0.15, 0.2) is 24.3 Å². The van der Waals surface area contributed by atoms with Crippen molar-refractivity contribution in [1.29, 1.82) is 0 Å². The Bertz CT molecular complexity index is 976. The molecule has 1 unspecified atom stereocenters. The van der Waals surface area contributed by atoms with Gasteiger partial charge in [0.1, 0.15) is 30.7 Å². The molecule has 0 bridgehead atoms. The van der Waals surface area contributed by atoms with Crippen LogP contribution in [0, 0.1) is 18.7 Å². The van der Waals surface area contributed by atoms with E-state index in [1.807, 2.05) is 17.7 Å². The fourth-order valence-corrected chi connectivity index (χ4v) is 3.22. The van der Waals surface area contributed by atoms with Gasteiger partial charge in [0.2, 0.25) is 0 Å². The van der Waals surface area contributed by atoms with Crippen molar-refractivity contribution in [2.45, 2.75) is 39.3 Å². The number of halogens is 1. The van der Waals surface area contributed by atoms with Crippen LogP contribution in [0.1, 0.15) is 37.3 Å². The molecule has 1 amide bonds. The maximum absolute atomic E-state index is 13.2. The Kier molecular flexibility index (Phi) is 4.65. The molecule has 4 rings (SSSR count). The molecular formula is C19H22FN5O2. The minimum absolute atomic E-state index is 0.104. The molecule has 2 N–H and O–H groups in total. The molecule has 1 saturated carbocycles. The summed E-state index contributed by atoms with van der Waals surface area (Å²) < 4.78 is 20.6. The summed E-state index contributed by atoms with van der Waals surface area (Å²) in [4.78, 5) is 19.5. The van der Waals surface area contributed by atoms with Crippen LogP contribution in [0.2, 0.25) is 0 Å². The fraction of sp³-hybridized carbons (Fsp3) is 0.421. The number of aryl methyl sites for hydroxylation is 1. The van der Waals surface area contributed by atoms with Crippen molar-refractivity contribution in [3.05, 3.63) is 41.6 Å². The van der Waals surface area contributed by atoms with Gasteiger partial charge in [-0.15, -0.1) is 0 Å². The standard InChI is InChI=1S/C19H22FN5O2/c1-11-7-18(25(24-11)12(2)13-3-4-13)23-19(26)10-27-9-17-21-15-6-5-14(20)8-16(15)22-17/h5-8,12-13H,3-4,9-10H2,1-2H3,(H,21,22)(H,23,26). The van der Waals surface area contributed by atoms with Crippen LogP contribution in [-0.4, -0.2) is 32.3 Å². The van der Waals surface area contributed by atoms with Crippen LogP contribution in [-0.2, 0) is 16.1 Å². The number of hydrogen-bond acceptors (Lipinski definition) is 4. The lowest BCUT2D eigenvalue weighted by Crippen LogP contribution is -2.22. The van der Waals surface area contributed by atoms with Gasteiger partial charge in [-0.25, -0.2) is 14.1 Å². The van der Waals surface area contributed by atoms with Gasteiger partial charge < -0.3 is 15.0 Å². The van der Waals surface area contributed by atoms with Crippen molar-refractivity contribution in [2.24, 2.45) is 5.92 Å². The molecule has 0 radical (unpaired) electrons. The van der Waals surface area contributed by atoms with E-state index in [-0.39, 0.29) is 31.0 Å². The number of amides is 1. The van der Waals surface area contributed by atoms with Gasteiger partial charge in [0, 0.05) is 6.07 Å². The highest BCUT2D eigenvalue weighted by molar-refractivity contribution is 5.91. The monoisotopic (exact) mass is 371 g/mol. The van der Waals surface area contributed by atoms with Crippen molar-refractivity contribution >= 4 is 22.8 Å². The molecule has 0 aliphatic heterocycles. The van der Waals surface area contributed by atoms with E-state index in [9.17, 15) is 9.18 Å². The smallest absolute Gasteiger partial charge is 0.251 e. The van der Waals surface area contributed by atoms with Crippen LogP contribution in [0.3, 0.4) is 0 Å². The largest absolute Gasteiger partial charge is 0.364 e. The number of carbonyl (C=O) groups is 1. The molecule has 27 heavy (non-hydrogen) atoms. The van der Waals surface area contributed by atoms with Crippen molar-refractivity contribution in [1.82, 2.24) is 19.7 Å². The molecule has 1 aromatic carbocycles. The van der Waals surface area contributed by atoms with Gasteiger partial charge >= 0.3 is 0 Å². The summed E-state index contributed by atoms with van der Waals surface area (Å²) in [5, 5.41) is 7.37. The highest BCUT2D eigenvalue weighted by Gasteiger charge is 2.31. The summed E-state index contributed by atoms with van der Waals surface area (Å²) in [7, 11) is 0. The Morgan fingerprint density at radius 1 is 1.44 bits per heavy atom. The number of nitrogens with zero attached hydrogens (tertiary/aromatic N) is 3. The van der Waals surface area contributed by atoms with Gasteiger partial charge in [-0.3, -0.25) is 4.79 Å². The summed E-state index contributed by atoms with van der Waals surface area (Å²) >= 11 is 0. The lowest BCUT2D eigenvalue weighted by Gasteiger charge is -2.15. The van der Waals surface area contributed by atoms with E-state index < -0.39 is 0 Å². The van der Waals surface area contributed by atoms with Crippen LogP contribution < -0.4 is 5.32 Å². The maximum atomic E-state index is 13.2. The van der Waals surface area contributed by atoms with E-state index in [1.54, 1.807) is 6.07 Å². The number of fused-ring (bicyclic) bond motifs is 1. The molecule has 7 nitrogen and oxygen atoms in total. The first-order chi connectivity index (χ1) is 13.0. The van der Waals surface area contributed by atoms with Gasteiger partial charge in [0.15, 0.2) is 0 Å². The minimum Gasteiger partial charge on any atom is -0.364 e. The third kappa shape index (κ3) is 4.00. The molecule has 2 aromatic heterocycles. The second-order valence-corrected chi connectivity index (χ2v) is 7.08. The van der Waals surface area contributed by atoms with Crippen molar-refractivity contribution < 1.29 is 13.9 Å². The Morgan fingerprint density at radius 3 is 3.04 bits per heavy atom. The fourth-order valence-electron chi connectivity index (χ4n) is 3.22. The predicted octanol–water partition coefficient (Wildman–Crippen LogP) is 3.33.